The summed E-state index contributed by atoms with van der Waals surface area (Å²) in [6.07, 6.45) is -16.3. The number of rotatable bonds is 10. The van der Waals surface area contributed by atoms with Gasteiger partial charge in [-0.1, -0.05) is 36.7 Å². The summed E-state index contributed by atoms with van der Waals surface area (Å²) in [5, 5.41) is -0.240. The number of ether oxygens (including phenoxy) is 1. The van der Waals surface area contributed by atoms with Crippen LogP contribution in [0.2, 0.25) is 5.02 Å². The van der Waals surface area contributed by atoms with Gasteiger partial charge in [-0.25, -0.2) is 12.8 Å². The second-order valence-corrected chi connectivity index (χ2v) is 11.6. The second-order valence-electron chi connectivity index (χ2n) is 9.09. The van der Waals surface area contributed by atoms with Crippen molar-refractivity contribution in [3.63, 3.8) is 0 Å². The molecule has 41 heavy (non-hydrogen) atoms. The van der Waals surface area contributed by atoms with Gasteiger partial charge >= 0.3 is 18.5 Å². The van der Waals surface area contributed by atoms with Crippen molar-refractivity contribution in [3.8, 4) is 5.75 Å². The smallest absolute Gasteiger partial charge is 0.417 e. The van der Waals surface area contributed by atoms with E-state index in [4.69, 9.17) is 16.3 Å². The first-order valence-electron chi connectivity index (χ1n) is 11.3. The maximum Gasteiger partial charge on any atom is 0.417 e. The van der Waals surface area contributed by atoms with Crippen molar-refractivity contribution in [3.05, 3.63) is 69.8 Å². The van der Waals surface area contributed by atoms with Gasteiger partial charge in [-0.2, -0.15) is 39.5 Å². The number of carbonyl (C=O) groups is 1. The topological polar surface area (TPSA) is 60.4 Å². The highest BCUT2D eigenvalue weighted by Gasteiger charge is 2.41. The molecule has 228 valence electrons. The van der Waals surface area contributed by atoms with Crippen molar-refractivity contribution in [1.29, 1.82) is 0 Å². The monoisotopic (exact) mass is 642 g/mol. The fraction of sp³-hybridized carbons (Fsp3) is 0.400. The molecule has 0 aliphatic heterocycles. The number of hydrogen-bond donors (Lipinski definition) is 0. The Morgan fingerprint density at radius 3 is 2.10 bits per heavy atom. The molecule has 0 heterocycles. The Hall–Kier alpha value is -2.81. The van der Waals surface area contributed by atoms with Crippen LogP contribution in [0.4, 0.5) is 43.9 Å². The first kappa shape index (κ1) is 34.4. The Kier molecular flexibility index (Phi) is 10.6. The van der Waals surface area contributed by atoms with Crippen LogP contribution in [0.1, 0.15) is 46.3 Å². The summed E-state index contributed by atoms with van der Waals surface area (Å²) in [6.45, 7) is 1.04. The third-order valence-electron chi connectivity index (χ3n) is 5.56. The molecule has 0 radical (unpaired) electrons. The molecule has 0 saturated heterocycles. The van der Waals surface area contributed by atoms with Crippen molar-refractivity contribution in [1.82, 2.24) is 0 Å². The van der Waals surface area contributed by atoms with Crippen LogP contribution in [0.3, 0.4) is 0 Å². The summed E-state index contributed by atoms with van der Waals surface area (Å²) in [4.78, 5) is 12.6. The summed E-state index contributed by atoms with van der Waals surface area (Å²) in [6, 6.07) is 4.09. The molecule has 0 aliphatic carbocycles. The number of benzene rings is 2. The number of halogens is 11. The van der Waals surface area contributed by atoms with Gasteiger partial charge in [0.05, 0.1) is 23.4 Å². The third-order valence-corrected chi connectivity index (χ3v) is 7.70. The average Bonchev–Trinajstić information content (AvgIpc) is 2.78. The molecule has 1 unspecified atom stereocenters. The maximum absolute atomic E-state index is 15.0. The molecule has 0 N–H and O–H groups in total. The predicted octanol–water partition coefficient (Wildman–Crippen LogP) is 8.21. The molecule has 2 aromatic carbocycles. The summed E-state index contributed by atoms with van der Waals surface area (Å²) in [5.74, 6) is -10.3. The largest absolute Gasteiger partial charge is 0.495 e. The zero-order chi connectivity index (χ0) is 31.6. The summed E-state index contributed by atoms with van der Waals surface area (Å²) in [5.41, 5.74) is -4.30. The fourth-order valence-corrected chi connectivity index (χ4v) is 5.76. The zero-order valence-electron chi connectivity index (χ0n) is 21.0. The lowest BCUT2D eigenvalue weighted by Gasteiger charge is -2.19. The van der Waals surface area contributed by atoms with E-state index in [-0.39, 0.29) is 22.9 Å². The molecule has 4 nitrogen and oxygen atoms in total. The minimum atomic E-state index is -5.31. The SMILES string of the molecule is COc1ccc(C(/C=C(\F)c2ccc(C(=O)C[C@H](C)CS(=O)(=O)CC(F)(F)F)c(C(F)(F)F)c2)C(F)(F)F)cc1Cl. The first-order chi connectivity index (χ1) is 18.5. The van der Waals surface area contributed by atoms with E-state index in [1.807, 2.05) is 0 Å². The molecular formula is C25H21ClF10O4S. The average molecular weight is 643 g/mol. The number of hydrogen-bond acceptors (Lipinski definition) is 4. The van der Waals surface area contributed by atoms with E-state index in [9.17, 15) is 57.1 Å². The van der Waals surface area contributed by atoms with Crippen molar-refractivity contribution in [2.75, 3.05) is 18.6 Å². The van der Waals surface area contributed by atoms with Crippen LogP contribution < -0.4 is 4.74 Å². The van der Waals surface area contributed by atoms with Gasteiger partial charge in [-0.15, -0.1) is 0 Å². The lowest BCUT2D eigenvalue weighted by atomic mass is 9.93. The lowest BCUT2D eigenvalue weighted by molar-refractivity contribution is -0.140. The minimum Gasteiger partial charge on any atom is -0.495 e. The molecule has 0 amide bonds. The Morgan fingerprint density at radius 1 is 1.00 bits per heavy atom. The maximum atomic E-state index is 15.0. The quantitative estimate of drug-likeness (QED) is 0.194. The molecule has 0 saturated carbocycles. The Labute approximate surface area is 232 Å². The standard InChI is InChI=1S/C25H21ClF10O4S/c1-13(11-41(38,39)12-23(28,29)30)7-21(37)16-5-3-15(8-18(16)25(34,35)36)20(27)10-17(24(31,32)33)14-4-6-22(40-2)19(26)9-14/h3-6,8-10,13,17H,7,11-12H2,1-2H3/b20-10-/t13-,17?/m0/s1. The molecule has 0 aliphatic rings. The van der Waals surface area contributed by atoms with Crippen molar-refractivity contribution >= 4 is 33.0 Å². The van der Waals surface area contributed by atoms with Crippen molar-refractivity contribution < 1.29 is 61.9 Å². The number of Topliss-reactive ketones (excluding diaryl/α,β-unsaturated/α-hetero) is 1. The highest BCUT2D eigenvalue weighted by molar-refractivity contribution is 7.91. The molecule has 0 spiro atoms. The third kappa shape index (κ3) is 9.90. The number of allylic oxidation sites excluding steroid dienone is 1. The molecule has 2 aromatic rings. The van der Waals surface area contributed by atoms with Crippen LogP contribution in [0, 0.1) is 5.92 Å². The Morgan fingerprint density at radius 2 is 1.61 bits per heavy atom. The number of carbonyl (C=O) groups excluding carboxylic acids is 1. The molecule has 2 rings (SSSR count). The van der Waals surface area contributed by atoms with Gasteiger partial charge in [-0.3, -0.25) is 4.79 Å². The van der Waals surface area contributed by atoms with Gasteiger partial charge in [0, 0.05) is 17.5 Å². The van der Waals surface area contributed by atoms with Crippen LogP contribution >= 0.6 is 11.6 Å². The zero-order valence-corrected chi connectivity index (χ0v) is 22.6. The van der Waals surface area contributed by atoms with Gasteiger partial charge in [-0.05, 0) is 35.8 Å². The van der Waals surface area contributed by atoms with Crippen LogP contribution in [0.25, 0.3) is 5.83 Å². The van der Waals surface area contributed by atoms with Gasteiger partial charge in [0.2, 0.25) is 0 Å². The van der Waals surface area contributed by atoms with E-state index in [2.05, 4.69) is 0 Å². The second kappa shape index (κ2) is 12.6. The van der Waals surface area contributed by atoms with Crippen LogP contribution in [0.5, 0.6) is 5.75 Å². The van der Waals surface area contributed by atoms with E-state index in [1.54, 1.807) is 0 Å². The van der Waals surface area contributed by atoms with Crippen LogP contribution in [0.15, 0.2) is 42.5 Å². The normalized spacial score (nSPS) is 15.0. The molecule has 2 atom stereocenters. The number of sulfone groups is 1. The Balaban J connectivity index is 2.44. The van der Waals surface area contributed by atoms with E-state index in [0.717, 1.165) is 25.1 Å². The number of ketones is 1. The predicted molar refractivity (Wildman–Crippen MR) is 130 cm³/mol. The first-order valence-corrected chi connectivity index (χ1v) is 13.5. The molecule has 0 bridgehead atoms. The van der Waals surface area contributed by atoms with Gasteiger partial charge < -0.3 is 4.74 Å². The van der Waals surface area contributed by atoms with E-state index < -0.39 is 92.0 Å². The summed E-state index contributed by atoms with van der Waals surface area (Å²) in [7, 11) is -3.54. The van der Waals surface area contributed by atoms with E-state index in [1.165, 1.54) is 7.11 Å². The van der Waals surface area contributed by atoms with Gasteiger partial charge in [0.15, 0.2) is 15.6 Å². The van der Waals surface area contributed by atoms with Crippen LogP contribution in [-0.2, 0) is 16.0 Å². The lowest BCUT2D eigenvalue weighted by Crippen LogP contribution is -2.28. The highest BCUT2D eigenvalue weighted by atomic mass is 35.5. The van der Waals surface area contributed by atoms with E-state index >= 15 is 0 Å². The van der Waals surface area contributed by atoms with Crippen molar-refractivity contribution in [2.45, 2.75) is 37.8 Å². The van der Waals surface area contributed by atoms with Crippen molar-refractivity contribution in [2.24, 2.45) is 5.92 Å². The molecule has 0 fully saturated rings. The van der Waals surface area contributed by atoms with Gasteiger partial charge in [0.25, 0.3) is 0 Å². The van der Waals surface area contributed by atoms with Crippen LogP contribution in [-0.4, -0.2) is 45.2 Å². The Bertz CT molecular complexity index is 1400. The number of methoxy groups -OCH3 is 1. The fourth-order valence-electron chi connectivity index (χ4n) is 3.90. The molecular weight excluding hydrogens is 622 g/mol. The highest BCUT2D eigenvalue weighted by Crippen LogP contribution is 2.41. The summed E-state index contributed by atoms with van der Waals surface area (Å²) >= 11 is 5.85. The van der Waals surface area contributed by atoms with Gasteiger partial charge in [0.1, 0.15) is 23.2 Å². The van der Waals surface area contributed by atoms with E-state index in [0.29, 0.717) is 12.1 Å². The summed E-state index contributed by atoms with van der Waals surface area (Å²) < 4.78 is 163. The molecule has 0 aromatic heterocycles. The molecule has 16 heteroatoms. The minimum absolute atomic E-state index is 0.0168. The number of alkyl halides is 9.